The summed E-state index contributed by atoms with van der Waals surface area (Å²) < 4.78 is 27.4. The number of rotatable bonds is 6. The van der Waals surface area contributed by atoms with Crippen LogP contribution >= 0.6 is 11.6 Å². The largest absolute Gasteiger partial charge is 0.322 e. The predicted octanol–water partition coefficient (Wildman–Crippen LogP) is 2.48. The van der Waals surface area contributed by atoms with Gasteiger partial charge in [0.1, 0.15) is 12.7 Å². The summed E-state index contributed by atoms with van der Waals surface area (Å²) >= 11 is 6.15. The second-order valence-corrected chi connectivity index (χ2v) is 8.69. The van der Waals surface area contributed by atoms with Gasteiger partial charge in [-0.15, -0.1) is 0 Å². The Kier molecular flexibility index (Phi) is 5.78. The quantitative estimate of drug-likeness (QED) is 0.662. The number of para-hydroxylation sites is 1. The summed E-state index contributed by atoms with van der Waals surface area (Å²) in [7, 11) is -0.847. The lowest BCUT2D eigenvalue weighted by Gasteiger charge is -2.14. The van der Waals surface area contributed by atoms with Gasteiger partial charge < -0.3 is 5.32 Å². The highest BCUT2D eigenvalue weighted by Gasteiger charge is 2.21. The van der Waals surface area contributed by atoms with Crippen molar-refractivity contribution in [2.45, 2.75) is 11.4 Å². The topological polar surface area (TPSA) is 97.2 Å². The maximum absolute atomic E-state index is 12.8. The number of halogens is 1. The zero-order valence-corrected chi connectivity index (χ0v) is 16.8. The van der Waals surface area contributed by atoms with Crippen molar-refractivity contribution in [1.82, 2.24) is 19.1 Å². The smallest absolute Gasteiger partial charge is 0.257 e. The molecule has 3 aromatic rings. The number of hydrogen-bond donors (Lipinski definition) is 1. The third-order valence-electron chi connectivity index (χ3n) is 4.03. The van der Waals surface area contributed by atoms with Crippen molar-refractivity contribution in [3.05, 3.63) is 71.3 Å². The number of carbonyl (C=O) groups excluding carboxylic acids is 1. The van der Waals surface area contributed by atoms with Gasteiger partial charge in [-0.2, -0.15) is 5.10 Å². The van der Waals surface area contributed by atoms with E-state index in [1.54, 1.807) is 23.1 Å². The molecule has 28 heavy (non-hydrogen) atoms. The normalized spacial score (nSPS) is 11.6. The Morgan fingerprint density at radius 1 is 1.21 bits per heavy atom. The van der Waals surface area contributed by atoms with E-state index in [1.807, 2.05) is 12.1 Å². The van der Waals surface area contributed by atoms with Crippen LogP contribution in [0, 0.1) is 0 Å². The van der Waals surface area contributed by atoms with E-state index in [-0.39, 0.29) is 15.5 Å². The lowest BCUT2D eigenvalue weighted by Crippen LogP contribution is -2.23. The Hall–Kier alpha value is -2.75. The maximum Gasteiger partial charge on any atom is 0.257 e. The first-order valence-electron chi connectivity index (χ1n) is 8.23. The highest BCUT2D eigenvalue weighted by molar-refractivity contribution is 7.89. The standard InChI is InChI=1S/C18H18ClN5O3S/c1-23(2)28(26,27)14-7-8-16(19)15(9-14)18(25)22-17-6-4-3-5-13(17)10-24-12-20-11-21-24/h3-9,11-12H,10H2,1-2H3,(H,22,25). The SMILES string of the molecule is CN(C)S(=O)(=O)c1ccc(Cl)c(C(=O)Nc2ccccc2Cn2cncn2)c1. The van der Waals surface area contributed by atoms with E-state index in [9.17, 15) is 13.2 Å². The van der Waals surface area contributed by atoms with Crippen LogP contribution in [0.2, 0.25) is 5.02 Å². The summed E-state index contributed by atoms with van der Waals surface area (Å²) in [5.74, 6) is -0.508. The molecule has 2 aromatic carbocycles. The Morgan fingerprint density at radius 2 is 1.96 bits per heavy atom. The van der Waals surface area contributed by atoms with Crippen LogP contribution in [-0.4, -0.2) is 47.5 Å². The lowest BCUT2D eigenvalue weighted by molar-refractivity contribution is 0.102. The number of amides is 1. The van der Waals surface area contributed by atoms with Crippen LogP contribution in [0.15, 0.2) is 60.0 Å². The minimum absolute atomic E-state index is 0.0112. The average Bonchev–Trinajstić information content (AvgIpc) is 3.16. The van der Waals surface area contributed by atoms with Crippen molar-refractivity contribution in [3.63, 3.8) is 0 Å². The molecule has 0 spiro atoms. The molecule has 3 rings (SSSR count). The first-order valence-corrected chi connectivity index (χ1v) is 10.0. The van der Waals surface area contributed by atoms with Gasteiger partial charge >= 0.3 is 0 Å². The van der Waals surface area contributed by atoms with Crippen molar-refractivity contribution in [3.8, 4) is 0 Å². The molecule has 0 unspecified atom stereocenters. The molecule has 0 aliphatic rings. The highest BCUT2D eigenvalue weighted by Crippen LogP contribution is 2.24. The van der Waals surface area contributed by atoms with E-state index in [1.165, 1.54) is 38.6 Å². The van der Waals surface area contributed by atoms with Gasteiger partial charge in [0.15, 0.2) is 0 Å². The third-order valence-corrected chi connectivity index (χ3v) is 6.17. The van der Waals surface area contributed by atoms with Crippen LogP contribution in [0.3, 0.4) is 0 Å². The summed E-state index contributed by atoms with van der Waals surface area (Å²) in [6, 6.07) is 11.3. The van der Waals surface area contributed by atoms with Crippen LogP contribution in [0.4, 0.5) is 5.69 Å². The van der Waals surface area contributed by atoms with Gasteiger partial charge in [0.05, 0.1) is 22.0 Å². The summed E-state index contributed by atoms with van der Waals surface area (Å²) in [5.41, 5.74) is 1.45. The third kappa shape index (κ3) is 4.22. The Balaban J connectivity index is 1.90. The summed E-state index contributed by atoms with van der Waals surface area (Å²) in [4.78, 5) is 16.7. The minimum Gasteiger partial charge on any atom is -0.322 e. The molecule has 1 heterocycles. The molecular weight excluding hydrogens is 402 g/mol. The van der Waals surface area contributed by atoms with Gasteiger partial charge in [-0.1, -0.05) is 29.8 Å². The molecule has 0 aliphatic heterocycles. The molecule has 146 valence electrons. The number of hydrogen-bond acceptors (Lipinski definition) is 5. The fourth-order valence-corrected chi connectivity index (χ4v) is 3.64. The number of aromatic nitrogens is 3. The summed E-state index contributed by atoms with van der Waals surface area (Å²) in [5, 5.41) is 7.01. The Labute approximate surface area is 167 Å². The van der Waals surface area contributed by atoms with Gasteiger partial charge in [0.25, 0.3) is 5.91 Å². The molecule has 0 radical (unpaired) electrons. The second-order valence-electron chi connectivity index (χ2n) is 6.13. The Bertz CT molecular complexity index is 1100. The summed E-state index contributed by atoms with van der Waals surface area (Å²) in [6.07, 6.45) is 3.00. The first kappa shape index (κ1) is 20.0. The van der Waals surface area contributed by atoms with Crippen LogP contribution in [0.5, 0.6) is 0 Å². The fraction of sp³-hybridized carbons (Fsp3) is 0.167. The number of benzene rings is 2. The molecular formula is C18H18ClN5O3S. The molecule has 1 N–H and O–H groups in total. The fourth-order valence-electron chi connectivity index (χ4n) is 2.51. The van der Waals surface area contributed by atoms with Crippen LogP contribution in [0.1, 0.15) is 15.9 Å². The van der Waals surface area contributed by atoms with E-state index < -0.39 is 15.9 Å². The van der Waals surface area contributed by atoms with E-state index in [4.69, 9.17) is 11.6 Å². The van der Waals surface area contributed by atoms with Crippen molar-refractivity contribution in [2.75, 3.05) is 19.4 Å². The molecule has 0 fully saturated rings. The number of nitrogens with zero attached hydrogens (tertiary/aromatic N) is 4. The number of carbonyl (C=O) groups is 1. The van der Waals surface area contributed by atoms with Crippen LogP contribution < -0.4 is 5.32 Å². The van der Waals surface area contributed by atoms with Crippen molar-refractivity contribution < 1.29 is 13.2 Å². The molecule has 1 aromatic heterocycles. The van der Waals surface area contributed by atoms with Gasteiger partial charge in [0, 0.05) is 19.8 Å². The molecule has 0 aliphatic carbocycles. The van der Waals surface area contributed by atoms with E-state index in [0.717, 1.165) is 9.87 Å². The minimum atomic E-state index is -3.69. The summed E-state index contributed by atoms with van der Waals surface area (Å²) in [6.45, 7) is 0.416. The van der Waals surface area contributed by atoms with Gasteiger partial charge in [-0.05, 0) is 29.8 Å². The van der Waals surface area contributed by atoms with E-state index >= 15 is 0 Å². The molecule has 0 saturated carbocycles. The molecule has 10 heteroatoms. The first-order chi connectivity index (χ1) is 13.3. The van der Waals surface area contributed by atoms with Crippen LogP contribution in [-0.2, 0) is 16.6 Å². The van der Waals surface area contributed by atoms with Crippen molar-refractivity contribution in [1.29, 1.82) is 0 Å². The molecule has 0 atom stereocenters. The number of anilines is 1. The molecule has 0 bridgehead atoms. The second kappa shape index (κ2) is 8.09. The van der Waals surface area contributed by atoms with Gasteiger partial charge in [-0.3, -0.25) is 4.79 Å². The molecule has 1 amide bonds. The molecule has 0 saturated heterocycles. The van der Waals surface area contributed by atoms with Crippen molar-refractivity contribution in [2.24, 2.45) is 0 Å². The highest BCUT2D eigenvalue weighted by atomic mass is 35.5. The zero-order chi connectivity index (χ0) is 20.3. The maximum atomic E-state index is 12.8. The zero-order valence-electron chi connectivity index (χ0n) is 15.2. The predicted molar refractivity (Wildman–Crippen MR) is 106 cm³/mol. The van der Waals surface area contributed by atoms with E-state index in [0.29, 0.717) is 12.2 Å². The monoisotopic (exact) mass is 419 g/mol. The van der Waals surface area contributed by atoms with Gasteiger partial charge in [-0.25, -0.2) is 22.4 Å². The van der Waals surface area contributed by atoms with E-state index in [2.05, 4.69) is 15.4 Å². The lowest BCUT2D eigenvalue weighted by atomic mass is 10.1. The average molecular weight is 420 g/mol. The number of nitrogens with one attached hydrogen (secondary N) is 1. The number of sulfonamides is 1. The van der Waals surface area contributed by atoms with Crippen LogP contribution in [0.25, 0.3) is 0 Å². The van der Waals surface area contributed by atoms with Crippen molar-refractivity contribution >= 4 is 33.2 Å². The van der Waals surface area contributed by atoms with Gasteiger partial charge in [0.2, 0.25) is 10.0 Å². The molecule has 8 nitrogen and oxygen atoms in total. The Morgan fingerprint density at radius 3 is 2.64 bits per heavy atom.